The molecule has 0 saturated heterocycles. The highest BCUT2D eigenvalue weighted by atomic mass is 32.1. The van der Waals surface area contributed by atoms with Gasteiger partial charge in [0.2, 0.25) is 0 Å². The summed E-state index contributed by atoms with van der Waals surface area (Å²) in [5.74, 6) is 0. The summed E-state index contributed by atoms with van der Waals surface area (Å²) in [6.45, 7) is 6.79. The molecule has 0 atom stereocenters. The molecule has 0 N–H and O–H groups in total. The van der Waals surface area contributed by atoms with Crippen molar-refractivity contribution >= 4 is 17.0 Å². The topological polar surface area (TPSA) is 68.4 Å². The van der Waals surface area contributed by atoms with Crippen molar-refractivity contribution in [1.29, 1.82) is 0 Å². The summed E-state index contributed by atoms with van der Waals surface area (Å²) in [6.07, 6.45) is 0. The predicted molar refractivity (Wildman–Crippen MR) is 87.4 cm³/mol. The molecular formula is C15H19N3O3S. The second-order valence-corrected chi connectivity index (χ2v) is 5.91. The van der Waals surface area contributed by atoms with E-state index in [1.165, 1.54) is 17.4 Å². The summed E-state index contributed by atoms with van der Waals surface area (Å²) < 4.78 is 1.76. The summed E-state index contributed by atoms with van der Waals surface area (Å²) in [5.41, 5.74) is 1.99. The maximum atomic E-state index is 11.7. The number of aryl methyl sites for hydroxylation is 1. The third-order valence-electron chi connectivity index (χ3n) is 3.59. The van der Waals surface area contributed by atoms with Gasteiger partial charge in [-0.2, -0.15) is 0 Å². The summed E-state index contributed by atoms with van der Waals surface area (Å²) in [7, 11) is 0. The number of rotatable bonds is 7. The van der Waals surface area contributed by atoms with Gasteiger partial charge in [0.25, 0.3) is 5.69 Å². The van der Waals surface area contributed by atoms with Gasteiger partial charge in [-0.1, -0.05) is 30.4 Å². The van der Waals surface area contributed by atoms with E-state index in [-0.39, 0.29) is 15.5 Å². The Bertz CT molecular complexity index is 708. The highest BCUT2D eigenvalue weighted by molar-refractivity contribution is 7.07. The normalized spacial score (nSPS) is 11.0. The van der Waals surface area contributed by atoms with Gasteiger partial charge in [0.15, 0.2) is 0 Å². The van der Waals surface area contributed by atoms with Gasteiger partial charge in [0.1, 0.15) is 0 Å². The molecule has 2 rings (SSSR count). The Morgan fingerprint density at radius 1 is 1.41 bits per heavy atom. The van der Waals surface area contributed by atoms with E-state index in [1.54, 1.807) is 16.7 Å². The molecule has 0 aliphatic heterocycles. The monoisotopic (exact) mass is 321 g/mol. The second-order valence-electron chi connectivity index (χ2n) is 5.09. The number of nitro groups is 1. The minimum absolute atomic E-state index is 0.0592. The number of hydrogen-bond donors (Lipinski definition) is 0. The van der Waals surface area contributed by atoms with Crippen LogP contribution in [-0.4, -0.2) is 27.5 Å². The van der Waals surface area contributed by atoms with Crippen molar-refractivity contribution in [3.05, 3.63) is 60.7 Å². The molecule has 6 nitrogen and oxygen atoms in total. The highest BCUT2D eigenvalue weighted by Crippen LogP contribution is 2.14. The van der Waals surface area contributed by atoms with E-state index in [1.807, 2.05) is 25.3 Å². The van der Waals surface area contributed by atoms with Gasteiger partial charge in [-0.15, -0.1) is 0 Å². The third-order valence-corrected chi connectivity index (χ3v) is 4.47. The molecule has 0 fully saturated rings. The first kappa shape index (κ1) is 16.4. The molecule has 1 aromatic carbocycles. The first-order chi connectivity index (χ1) is 10.5. The zero-order valence-corrected chi connectivity index (χ0v) is 13.5. The maximum Gasteiger partial charge on any atom is 0.307 e. The molecule has 22 heavy (non-hydrogen) atoms. The number of nitrogens with zero attached hydrogens (tertiary/aromatic N) is 3. The van der Waals surface area contributed by atoms with Crippen LogP contribution in [0, 0.1) is 17.0 Å². The van der Waals surface area contributed by atoms with Crippen molar-refractivity contribution < 1.29 is 4.92 Å². The molecule has 7 heteroatoms. The average Bonchev–Trinajstić information content (AvgIpc) is 2.82. The molecule has 0 amide bonds. The number of benzene rings is 1. The Labute approximate surface area is 132 Å². The fourth-order valence-electron chi connectivity index (χ4n) is 2.29. The smallest absolute Gasteiger partial charge is 0.302 e. The van der Waals surface area contributed by atoms with Crippen LogP contribution in [0.4, 0.5) is 5.69 Å². The minimum Gasteiger partial charge on any atom is -0.302 e. The van der Waals surface area contributed by atoms with E-state index in [2.05, 4.69) is 4.90 Å². The van der Waals surface area contributed by atoms with Gasteiger partial charge in [-0.25, -0.2) is 0 Å². The lowest BCUT2D eigenvalue weighted by Crippen LogP contribution is -2.29. The summed E-state index contributed by atoms with van der Waals surface area (Å²) in [4.78, 5) is 24.4. The van der Waals surface area contributed by atoms with Crippen molar-refractivity contribution in [2.75, 3.05) is 13.1 Å². The molecule has 0 spiro atoms. The van der Waals surface area contributed by atoms with Crippen LogP contribution in [0.1, 0.15) is 18.2 Å². The lowest BCUT2D eigenvalue weighted by molar-refractivity contribution is -0.384. The molecule has 0 radical (unpaired) electrons. The van der Waals surface area contributed by atoms with Crippen molar-refractivity contribution in [1.82, 2.24) is 9.47 Å². The van der Waals surface area contributed by atoms with E-state index in [4.69, 9.17) is 0 Å². The Morgan fingerprint density at radius 3 is 2.77 bits per heavy atom. The predicted octanol–water partition coefficient (Wildman–Crippen LogP) is 2.65. The molecule has 0 unspecified atom stereocenters. The van der Waals surface area contributed by atoms with Crippen LogP contribution in [0.2, 0.25) is 0 Å². The van der Waals surface area contributed by atoms with Crippen LogP contribution >= 0.6 is 11.3 Å². The van der Waals surface area contributed by atoms with Crippen molar-refractivity contribution in [3.8, 4) is 0 Å². The Morgan fingerprint density at radius 2 is 2.18 bits per heavy atom. The fraction of sp³-hybridized carbons (Fsp3) is 0.400. The van der Waals surface area contributed by atoms with Crippen LogP contribution in [0.15, 0.2) is 34.4 Å². The number of thiazole rings is 1. The second kappa shape index (κ2) is 7.33. The zero-order valence-electron chi connectivity index (χ0n) is 12.7. The standard InChI is InChI=1S/C15H19N3O3S/c1-3-16(7-8-17-12(2)11-22-15(17)19)10-13-5-4-6-14(9-13)18(20)21/h4-6,9,11H,3,7-8,10H2,1-2H3. The molecule has 118 valence electrons. The molecular weight excluding hydrogens is 302 g/mol. The molecule has 0 saturated carbocycles. The largest absolute Gasteiger partial charge is 0.307 e. The minimum atomic E-state index is -0.381. The Balaban J connectivity index is 2.02. The van der Waals surface area contributed by atoms with E-state index in [9.17, 15) is 14.9 Å². The highest BCUT2D eigenvalue weighted by Gasteiger charge is 2.10. The van der Waals surface area contributed by atoms with Gasteiger partial charge in [0.05, 0.1) is 4.92 Å². The lowest BCUT2D eigenvalue weighted by Gasteiger charge is -2.20. The van der Waals surface area contributed by atoms with Gasteiger partial charge in [-0.05, 0) is 19.0 Å². The number of likely N-dealkylation sites (N-methyl/N-ethyl adjacent to an activating group) is 1. The van der Waals surface area contributed by atoms with E-state index in [0.717, 1.165) is 24.3 Å². The SMILES string of the molecule is CCN(CCn1c(C)csc1=O)Cc1cccc([N+](=O)[O-])c1. The molecule has 1 heterocycles. The molecule has 2 aromatic rings. The fourth-order valence-corrected chi connectivity index (χ4v) is 3.05. The van der Waals surface area contributed by atoms with Crippen LogP contribution in [-0.2, 0) is 13.1 Å². The zero-order chi connectivity index (χ0) is 16.1. The number of non-ortho nitro benzene ring substituents is 1. The van der Waals surface area contributed by atoms with Crippen molar-refractivity contribution in [2.24, 2.45) is 0 Å². The summed E-state index contributed by atoms with van der Waals surface area (Å²) >= 11 is 1.21. The van der Waals surface area contributed by atoms with Crippen LogP contribution in [0.5, 0.6) is 0 Å². The van der Waals surface area contributed by atoms with E-state index >= 15 is 0 Å². The Hall–Kier alpha value is -1.99. The van der Waals surface area contributed by atoms with E-state index in [0.29, 0.717) is 13.1 Å². The molecule has 1 aromatic heterocycles. The first-order valence-corrected chi connectivity index (χ1v) is 8.00. The van der Waals surface area contributed by atoms with E-state index < -0.39 is 0 Å². The number of nitro benzene ring substituents is 1. The number of aromatic nitrogens is 1. The van der Waals surface area contributed by atoms with Gasteiger partial charge < -0.3 is 4.57 Å². The average molecular weight is 321 g/mol. The Kier molecular flexibility index (Phi) is 5.46. The third kappa shape index (κ3) is 4.02. The molecule has 0 aliphatic carbocycles. The van der Waals surface area contributed by atoms with Crippen LogP contribution in [0.25, 0.3) is 0 Å². The number of hydrogen-bond acceptors (Lipinski definition) is 5. The van der Waals surface area contributed by atoms with Gasteiger partial charge in [0, 0.05) is 42.8 Å². The lowest BCUT2D eigenvalue weighted by atomic mass is 10.2. The molecule has 0 bridgehead atoms. The summed E-state index contributed by atoms with van der Waals surface area (Å²) in [6, 6.07) is 6.69. The maximum absolute atomic E-state index is 11.7. The van der Waals surface area contributed by atoms with Crippen LogP contribution < -0.4 is 4.87 Å². The van der Waals surface area contributed by atoms with Crippen molar-refractivity contribution in [3.63, 3.8) is 0 Å². The quantitative estimate of drug-likeness (QED) is 0.581. The van der Waals surface area contributed by atoms with Gasteiger partial charge in [-0.3, -0.25) is 19.8 Å². The first-order valence-electron chi connectivity index (χ1n) is 7.12. The van der Waals surface area contributed by atoms with Gasteiger partial charge >= 0.3 is 4.87 Å². The summed E-state index contributed by atoms with van der Waals surface area (Å²) in [5, 5.41) is 12.7. The van der Waals surface area contributed by atoms with Crippen LogP contribution in [0.3, 0.4) is 0 Å². The molecule has 0 aliphatic rings. The van der Waals surface area contributed by atoms with Crippen molar-refractivity contribution in [2.45, 2.75) is 26.9 Å².